The molecule has 1 rings (SSSR count). The minimum atomic E-state index is -0.574. The zero-order valence-electron chi connectivity index (χ0n) is 8.17. The van der Waals surface area contributed by atoms with Crippen LogP contribution in [0.1, 0.15) is 20.8 Å². The van der Waals surface area contributed by atoms with Crippen LogP contribution >= 0.6 is 12.2 Å². The third-order valence-corrected chi connectivity index (χ3v) is 1.31. The number of ether oxygens (including phenoxy) is 1. The smallest absolute Gasteiger partial charge is 0.414 e. The number of carbonyl (C=O) groups excluding carboxylic acids is 1. The Morgan fingerprint density at radius 3 is 2.57 bits per heavy atom. The highest BCUT2D eigenvalue weighted by molar-refractivity contribution is 7.71. The molecule has 7 heteroatoms. The molecule has 0 fully saturated rings. The molecule has 0 atom stereocenters. The van der Waals surface area contributed by atoms with Gasteiger partial charge in [-0.15, -0.1) is 0 Å². The average molecular weight is 216 g/mol. The number of aromatic nitrogens is 3. The normalized spacial score (nSPS) is 11.1. The number of aromatic amines is 2. The molecule has 0 aliphatic heterocycles. The number of rotatable bonds is 1. The molecule has 0 aromatic carbocycles. The molecule has 1 aromatic heterocycles. The second-order valence-corrected chi connectivity index (χ2v) is 4.03. The summed E-state index contributed by atoms with van der Waals surface area (Å²) in [6.07, 6.45) is -0.574. The highest BCUT2D eigenvalue weighted by Gasteiger charge is 2.16. The van der Waals surface area contributed by atoms with Crippen molar-refractivity contribution in [2.75, 3.05) is 5.32 Å². The lowest BCUT2D eigenvalue weighted by Crippen LogP contribution is -2.27. The summed E-state index contributed by atoms with van der Waals surface area (Å²) in [6, 6.07) is 0. The number of anilines is 1. The predicted molar refractivity (Wildman–Crippen MR) is 53.6 cm³/mol. The van der Waals surface area contributed by atoms with Crippen molar-refractivity contribution < 1.29 is 9.53 Å². The van der Waals surface area contributed by atoms with Crippen molar-refractivity contribution in [3.63, 3.8) is 0 Å². The van der Waals surface area contributed by atoms with Gasteiger partial charge in [-0.1, -0.05) is 0 Å². The summed E-state index contributed by atoms with van der Waals surface area (Å²) in [5.41, 5.74) is -0.531. The van der Waals surface area contributed by atoms with E-state index in [4.69, 9.17) is 17.0 Å². The molecule has 0 aliphatic rings. The Kier molecular flexibility index (Phi) is 2.90. The van der Waals surface area contributed by atoms with Crippen LogP contribution in [0.2, 0.25) is 0 Å². The summed E-state index contributed by atoms with van der Waals surface area (Å²) in [5.74, 6) is 0.240. The van der Waals surface area contributed by atoms with Crippen LogP contribution in [-0.2, 0) is 4.74 Å². The first kappa shape index (κ1) is 10.7. The first-order valence-electron chi connectivity index (χ1n) is 4.01. The molecule has 0 radical (unpaired) electrons. The summed E-state index contributed by atoms with van der Waals surface area (Å²) in [5, 5.41) is 7.51. The van der Waals surface area contributed by atoms with Gasteiger partial charge in [-0.2, -0.15) is 4.98 Å². The number of amides is 1. The van der Waals surface area contributed by atoms with Gasteiger partial charge in [-0.25, -0.2) is 4.79 Å². The third-order valence-electron chi connectivity index (χ3n) is 1.12. The van der Waals surface area contributed by atoms with Crippen molar-refractivity contribution in [3.8, 4) is 0 Å². The second kappa shape index (κ2) is 3.79. The van der Waals surface area contributed by atoms with Gasteiger partial charge in [0.15, 0.2) is 0 Å². The molecule has 0 spiro atoms. The fourth-order valence-corrected chi connectivity index (χ4v) is 0.872. The molecule has 0 saturated heterocycles. The first-order chi connectivity index (χ1) is 6.37. The molecule has 3 N–H and O–H groups in total. The van der Waals surface area contributed by atoms with Crippen LogP contribution in [-0.4, -0.2) is 26.9 Å². The second-order valence-electron chi connectivity index (χ2n) is 3.64. The Bertz CT molecular complexity index is 376. The number of carbonyl (C=O) groups is 1. The first-order valence-corrected chi connectivity index (χ1v) is 4.42. The van der Waals surface area contributed by atoms with E-state index < -0.39 is 11.7 Å². The number of H-pyrrole nitrogens is 2. The van der Waals surface area contributed by atoms with Crippen molar-refractivity contribution in [1.82, 2.24) is 15.2 Å². The van der Waals surface area contributed by atoms with Crippen molar-refractivity contribution in [1.29, 1.82) is 0 Å². The van der Waals surface area contributed by atoms with Crippen molar-refractivity contribution in [3.05, 3.63) is 4.77 Å². The lowest BCUT2D eigenvalue weighted by atomic mass is 10.2. The zero-order valence-corrected chi connectivity index (χ0v) is 8.99. The lowest BCUT2D eigenvalue weighted by Gasteiger charge is -2.18. The van der Waals surface area contributed by atoms with Gasteiger partial charge in [0.05, 0.1) is 0 Å². The summed E-state index contributed by atoms with van der Waals surface area (Å²) in [4.78, 5) is 15.0. The molecule has 0 saturated carbocycles. The van der Waals surface area contributed by atoms with Crippen LogP contribution in [0, 0.1) is 4.77 Å². The van der Waals surface area contributed by atoms with Gasteiger partial charge in [-0.3, -0.25) is 15.5 Å². The van der Waals surface area contributed by atoms with E-state index in [1.54, 1.807) is 20.8 Å². The van der Waals surface area contributed by atoms with E-state index in [-0.39, 0.29) is 10.7 Å². The molecule has 1 heterocycles. The fourth-order valence-electron chi connectivity index (χ4n) is 0.730. The number of hydrogen-bond donors (Lipinski definition) is 3. The van der Waals surface area contributed by atoms with Gasteiger partial charge in [0.1, 0.15) is 5.60 Å². The molecular formula is C7H12N4O2S. The maximum Gasteiger partial charge on any atom is 0.414 e. The van der Waals surface area contributed by atoms with Gasteiger partial charge in [0.2, 0.25) is 10.7 Å². The Morgan fingerprint density at radius 2 is 2.14 bits per heavy atom. The largest absolute Gasteiger partial charge is 0.444 e. The molecular weight excluding hydrogens is 204 g/mol. The van der Waals surface area contributed by atoms with Gasteiger partial charge >= 0.3 is 6.09 Å². The molecule has 0 aliphatic carbocycles. The standard InChI is InChI=1S/C7H12N4O2S/c1-7(2,3)13-6(12)9-4-8-5(14)11-10-4/h1-3H3,(H3,8,9,10,11,12,14). The van der Waals surface area contributed by atoms with E-state index in [1.807, 2.05) is 0 Å². The maximum absolute atomic E-state index is 11.2. The van der Waals surface area contributed by atoms with Crippen LogP contribution in [0.25, 0.3) is 0 Å². The molecule has 78 valence electrons. The SMILES string of the molecule is CC(C)(C)OC(=O)Nc1nc(=S)[nH][nH]1. The van der Waals surface area contributed by atoms with E-state index >= 15 is 0 Å². The molecule has 0 bridgehead atoms. The van der Waals surface area contributed by atoms with Crippen molar-refractivity contribution in [2.45, 2.75) is 26.4 Å². The van der Waals surface area contributed by atoms with Gasteiger partial charge < -0.3 is 4.74 Å². The van der Waals surface area contributed by atoms with Gasteiger partial charge in [0.25, 0.3) is 0 Å². The minimum Gasteiger partial charge on any atom is -0.444 e. The highest BCUT2D eigenvalue weighted by Crippen LogP contribution is 2.08. The summed E-state index contributed by atoms with van der Waals surface area (Å²) in [7, 11) is 0. The summed E-state index contributed by atoms with van der Waals surface area (Å²) >= 11 is 4.71. The predicted octanol–water partition coefficient (Wildman–Crippen LogP) is 1.81. The third kappa shape index (κ3) is 3.56. The highest BCUT2D eigenvalue weighted by atomic mass is 32.1. The topological polar surface area (TPSA) is 82.8 Å². The van der Waals surface area contributed by atoms with Gasteiger partial charge in [-0.05, 0) is 33.0 Å². The quantitative estimate of drug-likeness (QED) is 0.625. The molecule has 1 amide bonds. The van der Waals surface area contributed by atoms with Crippen LogP contribution in [0.5, 0.6) is 0 Å². The molecule has 6 nitrogen and oxygen atoms in total. The number of nitrogens with zero attached hydrogens (tertiary/aromatic N) is 1. The van der Waals surface area contributed by atoms with Crippen molar-refractivity contribution >= 4 is 24.3 Å². The summed E-state index contributed by atoms with van der Waals surface area (Å²) < 4.78 is 5.27. The van der Waals surface area contributed by atoms with Crippen LogP contribution in [0.3, 0.4) is 0 Å². The van der Waals surface area contributed by atoms with Crippen LogP contribution in [0.4, 0.5) is 10.7 Å². The van der Waals surface area contributed by atoms with E-state index in [0.29, 0.717) is 0 Å². The number of hydrogen-bond acceptors (Lipinski definition) is 4. The Morgan fingerprint density at radius 1 is 1.50 bits per heavy atom. The Balaban J connectivity index is 2.54. The molecule has 1 aromatic rings. The average Bonchev–Trinajstić information content (AvgIpc) is 2.30. The zero-order chi connectivity index (χ0) is 10.8. The lowest BCUT2D eigenvalue weighted by molar-refractivity contribution is 0.0634. The Hall–Kier alpha value is -1.37. The van der Waals surface area contributed by atoms with E-state index in [2.05, 4.69) is 20.5 Å². The number of nitrogens with one attached hydrogen (secondary N) is 3. The minimum absolute atomic E-state index is 0.240. The summed E-state index contributed by atoms with van der Waals surface area (Å²) in [6.45, 7) is 5.33. The van der Waals surface area contributed by atoms with Crippen LogP contribution in [0.15, 0.2) is 0 Å². The monoisotopic (exact) mass is 216 g/mol. The fraction of sp³-hybridized carbons (Fsp3) is 0.571. The van der Waals surface area contributed by atoms with E-state index in [9.17, 15) is 4.79 Å². The van der Waals surface area contributed by atoms with Gasteiger partial charge in [0, 0.05) is 0 Å². The van der Waals surface area contributed by atoms with Crippen molar-refractivity contribution in [2.24, 2.45) is 0 Å². The molecule has 14 heavy (non-hydrogen) atoms. The Labute approximate surface area is 86.1 Å². The maximum atomic E-state index is 11.2. The van der Waals surface area contributed by atoms with Crippen LogP contribution < -0.4 is 5.32 Å². The molecule has 0 unspecified atom stereocenters. The van der Waals surface area contributed by atoms with E-state index in [1.165, 1.54) is 0 Å². The van der Waals surface area contributed by atoms with E-state index in [0.717, 1.165) is 0 Å².